The Morgan fingerprint density at radius 3 is 2.83 bits per heavy atom. The summed E-state index contributed by atoms with van der Waals surface area (Å²) in [5.41, 5.74) is 2.00. The van der Waals surface area contributed by atoms with Gasteiger partial charge in [-0.15, -0.1) is 0 Å². The molecule has 0 aromatic heterocycles. The molecule has 24 heavy (non-hydrogen) atoms. The lowest BCUT2D eigenvalue weighted by Crippen LogP contribution is -2.47. The third-order valence-corrected chi connectivity index (χ3v) is 4.72. The second kappa shape index (κ2) is 8.60. The van der Waals surface area contributed by atoms with Crippen molar-refractivity contribution in [3.05, 3.63) is 69.3 Å². The number of halogens is 1. The van der Waals surface area contributed by atoms with Crippen molar-refractivity contribution in [3.63, 3.8) is 0 Å². The first-order valence-corrected chi connectivity index (χ1v) is 9.20. The molecule has 2 aromatic carbocycles. The Morgan fingerprint density at radius 2 is 2.04 bits per heavy atom. The van der Waals surface area contributed by atoms with E-state index in [0.717, 1.165) is 23.2 Å². The fourth-order valence-corrected chi connectivity index (χ4v) is 3.37. The van der Waals surface area contributed by atoms with Crippen LogP contribution in [0.3, 0.4) is 0 Å². The molecule has 1 amide bonds. The van der Waals surface area contributed by atoms with Crippen LogP contribution in [0.5, 0.6) is 0 Å². The summed E-state index contributed by atoms with van der Waals surface area (Å²) in [5.74, 6) is -0.0442. The first kappa shape index (κ1) is 17.4. The summed E-state index contributed by atoms with van der Waals surface area (Å²) in [5, 5.41) is 2.99. The van der Waals surface area contributed by atoms with E-state index in [1.54, 1.807) is 0 Å². The molecule has 0 bridgehead atoms. The number of carbonyl (C=O) groups is 1. The summed E-state index contributed by atoms with van der Waals surface area (Å²) in [7, 11) is 0. The van der Waals surface area contributed by atoms with Crippen LogP contribution in [0.15, 0.2) is 54.6 Å². The molecule has 126 valence electrons. The maximum Gasteiger partial charge on any atom is 0.251 e. The Bertz CT molecular complexity index is 678. The van der Waals surface area contributed by atoms with Gasteiger partial charge in [0.2, 0.25) is 0 Å². The summed E-state index contributed by atoms with van der Waals surface area (Å²) in [6.45, 7) is 3.93. The van der Waals surface area contributed by atoms with Gasteiger partial charge >= 0.3 is 0 Å². The predicted molar refractivity (Wildman–Crippen MR) is 103 cm³/mol. The second-order valence-corrected chi connectivity index (χ2v) is 7.18. The molecule has 1 heterocycles. The highest BCUT2D eigenvalue weighted by Gasteiger charge is 2.21. The molecule has 0 aliphatic carbocycles. The number of nitrogens with one attached hydrogen (secondary N) is 1. The number of ether oxygens (including phenoxy) is 1. The zero-order valence-corrected chi connectivity index (χ0v) is 15.6. The van der Waals surface area contributed by atoms with Gasteiger partial charge < -0.3 is 10.1 Å². The lowest BCUT2D eigenvalue weighted by atomic mass is 10.2. The Labute approximate surface area is 156 Å². The van der Waals surface area contributed by atoms with Gasteiger partial charge in [0.15, 0.2) is 0 Å². The molecule has 1 fully saturated rings. The number of hydrogen-bond acceptors (Lipinski definition) is 3. The average molecular weight is 436 g/mol. The highest BCUT2D eigenvalue weighted by atomic mass is 127. The lowest BCUT2D eigenvalue weighted by molar-refractivity contribution is -0.0292. The van der Waals surface area contributed by atoms with Crippen molar-refractivity contribution in [2.75, 3.05) is 26.2 Å². The molecular weight excluding hydrogens is 415 g/mol. The minimum atomic E-state index is -0.0442. The average Bonchev–Trinajstić information content (AvgIpc) is 2.61. The summed E-state index contributed by atoms with van der Waals surface area (Å²) in [4.78, 5) is 14.6. The quantitative estimate of drug-likeness (QED) is 0.734. The molecule has 0 unspecified atom stereocenters. The van der Waals surface area contributed by atoms with Gasteiger partial charge in [0.05, 0.1) is 12.7 Å². The number of amides is 1. The van der Waals surface area contributed by atoms with E-state index in [2.05, 4.69) is 57.1 Å². The van der Waals surface area contributed by atoms with Crippen molar-refractivity contribution in [2.45, 2.75) is 12.6 Å². The number of morpholine rings is 1. The van der Waals surface area contributed by atoms with Gasteiger partial charge in [-0.25, -0.2) is 0 Å². The van der Waals surface area contributed by atoms with Gasteiger partial charge in [-0.2, -0.15) is 0 Å². The van der Waals surface area contributed by atoms with Crippen molar-refractivity contribution in [1.29, 1.82) is 0 Å². The first-order chi connectivity index (χ1) is 11.7. The number of hydrogen-bond donors (Lipinski definition) is 1. The van der Waals surface area contributed by atoms with E-state index in [4.69, 9.17) is 4.74 Å². The minimum absolute atomic E-state index is 0.0363. The summed E-state index contributed by atoms with van der Waals surface area (Å²) < 4.78 is 6.86. The standard InChI is InChI=1S/C19H21IN2O2/c20-17-8-4-7-16(11-17)19(23)21-12-18-14-22(9-10-24-18)13-15-5-2-1-3-6-15/h1-8,11,18H,9-10,12-14H2,(H,21,23)/t18-/m0/s1. The van der Waals surface area contributed by atoms with Gasteiger partial charge in [0.25, 0.3) is 5.91 Å². The van der Waals surface area contributed by atoms with Crippen LogP contribution in [0.2, 0.25) is 0 Å². The van der Waals surface area contributed by atoms with Crippen LogP contribution in [0.25, 0.3) is 0 Å². The van der Waals surface area contributed by atoms with Crippen molar-refractivity contribution in [3.8, 4) is 0 Å². The number of rotatable bonds is 5. The molecule has 4 nitrogen and oxygen atoms in total. The Hall–Kier alpha value is -1.44. The van der Waals surface area contributed by atoms with Crippen molar-refractivity contribution in [1.82, 2.24) is 10.2 Å². The lowest BCUT2D eigenvalue weighted by Gasteiger charge is -2.33. The maximum atomic E-state index is 12.2. The molecule has 1 aliphatic heterocycles. The molecule has 0 saturated carbocycles. The molecule has 0 spiro atoms. The van der Waals surface area contributed by atoms with Gasteiger partial charge in [-0.3, -0.25) is 9.69 Å². The Kier molecular flexibility index (Phi) is 6.23. The maximum absolute atomic E-state index is 12.2. The zero-order chi connectivity index (χ0) is 16.8. The third kappa shape index (κ3) is 5.03. The summed E-state index contributed by atoms with van der Waals surface area (Å²) >= 11 is 2.21. The van der Waals surface area contributed by atoms with Gasteiger partial charge in [-0.05, 0) is 46.4 Å². The largest absolute Gasteiger partial charge is 0.374 e. The minimum Gasteiger partial charge on any atom is -0.374 e. The SMILES string of the molecule is O=C(NC[C@H]1CN(Cc2ccccc2)CCO1)c1cccc(I)c1. The fraction of sp³-hybridized carbons (Fsp3) is 0.316. The molecule has 1 saturated heterocycles. The normalized spacial score (nSPS) is 18.3. The zero-order valence-electron chi connectivity index (χ0n) is 13.5. The Morgan fingerprint density at radius 1 is 1.21 bits per heavy atom. The van der Waals surface area contributed by atoms with Gasteiger partial charge in [-0.1, -0.05) is 36.4 Å². The van der Waals surface area contributed by atoms with Crippen molar-refractivity contribution >= 4 is 28.5 Å². The van der Waals surface area contributed by atoms with Gasteiger partial charge in [0.1, 0.15) is 0 Å². The summed E-state index contributed by atoms with van der Waals surface area (Å²) in [6, 6.07) is 18.0. The highest BCUT2D eigenvalue weighted by molar-refractivity contribution is 14.1. The second-order valence-electron chi connectivity index (χ2n) is 5.93. The molecular formula is C19H21IN2O2. The molecule has 0 radical (unpaired) electrons. The van der Waals surface area contributed by atoms with Crippen LogP contribution in [-0.2, 0) is 11.3 Å². The summed E-state index contributed by atoms with van der Waals surface area (Å²) in [6.07, 6.45) is 0.0363. The van der Waals surface area contributed by atoms with E-state index in [-0.39, 0.29) is 12.0 Å². The van der Waals surface area contributed by atoms with Crippen LogP contribution < -0.4 is 5.32 Å². The highest BCUT2D eigenvalue weighted by Crippen LogP contribution is 2.11. The van der Waals surface area contributed by atoms with E-state index < -0.39 is 0 Å². The third-order valence-electron chi connectivity index (χ3n) is 4.05. The predicted octanol–water partition coefficient (Wildman–Crippen LogP) is 2.92. The van der Waals surface area contributed by atoms with Crippen molar-refractivity contribution in [2.24, 2.45) is 0 Å². The number of carbonyl (C=O) groups excluding carboxylic acids is 1. The smallest absolute Gasteiger partial charge is 0.251 e. The molecule has 1 atom stereocenters. The molecule has 1 aliphatic rings. The fourth-order valence-electron chi connectivity index (χ4n) is 2.83. The van der Waals surface area contributed by atoms with E-state index in [1.807, 2.05) is 30.3 Å². The molecule has 5 heteroatoms. The van der Waals surface area contributed by atoms with E-state index in [1.165, 1.54) is 5.56 Å². The molecule has 3 rings (SSSR count). The topological polar surface area (TPSA) is 41.6 Å². The number of benzene rings is 2. The van der Waals surface area contributed by atoms with Crippen molar-refractivity contribution < 1.29 is 9.53 Å². The van der Waals surface area contributed by atoms with Crippen LogP contribution in [0.4, 0.5) is 0 Å². The van der Waals surface area contributed by atoms with Crippen LogP contribution in [0, 0.1) is 3.57 Å². The van der Waals surface area contributed by atoms with E-state index >= 15 is 0 Å². The van der Waals surface area contributed by atoms with E-state index in [0.29, 0.717) is 18.7 Å². The monoisotopic (exact) mass is 436 g/mol. The Balaban J connectivity index is 1.49. The first-order valence-electron chi connectivity index (χ1n) is 8.12. The van der Waals surface area contributed by atoms with Crippen LogP contribution >= 0.6 is 22.6 Å². The van der Waals surface area contributed by atoms with Gasteiger partial charge in [0, 0.05) is 35.3 Å². The van der Waals surface area contributed by atoms with Crippen LogP contribution in [-0.4, -0.2) is 43.2 Å². The van der Waals surface area contributed by atoms with E-state index in [9.17, 15) is 4.79 Å². The van der Waals surface area contributed by atoms with Crippen LogP contribution in [0.1, 0.15) is 15.9 Å². The molecule has 1 N–H and O–H groups in total. The molecule has 2 aromatic rings. The number of nitrogens with zero attached hydrogens (tertiary/aromatic N) is 1.